The van der Waals surface area contributed by atoms with Gasteiger partial charge in [0.15, 0.2) is 5.69 Å². The highest BCUT2D eigenvalue weighted by Gasteiger charge is 2.15. The second kappa shape index (κ2) is 7.08. The Balaban J connectivity index is 1.74. The maximum absolute atomic E-state index is 12.4. The van der Waals surface area contributed by atoms with Gasteiger partial charge in [0.25, 0.3) is 5.91 Å². The summed E-state index contributed by atoms with van der Waals surface area (Å²) in [6.45, 7) is 1.44. The van der Waals surface area contributed by atoms with Gasteiger partial charge in [-0.05, 0) is 42.5 Å². The fourth-order valence-electron chi connectivity index (χ4n) is 2.30. The number of carbonyl (C=O) groups excluding carboxylic acids is 2. The molecule has 0 radical (unpaired) electrons. The number of benzene rings is 1. The molecule has 0 aliphatic heterocycles. The average Bonchev–Trinajstić information content (AvgIpc) is 3.14. The number of nitrogens with one attached hydrogen (secondary N) is 2. The highest BCUT2D eigenvalue weighted by Crippen LogP contribution is 2.31. The van der Waals surface area contributed by atoms with E-state index in [-0.39, 0.29) is 11.8 Å². The van der Waals surface area contributed by atoms with Gasteiger partial charge in [-0.1, -0.05) is 11.6 Å². The van der Waals surface area contributed by atoms with Crippen molar-refractivity contribution >= 4 is 46.1 Å². The predicted molar refractivity (Wildman–Crippen MR) is 100 cm³/mol. The number of hydrogen-bond donors (Lipinski definition) is 2. The Bertz CT molecular complexity index is 931. The van der Waals surface area contributed by atoms with Crippen molar-refractivity contribution in [2.45, 2.75) is 6.92 Å². The van der Waals surface area contributed by atoms with Gasteiger partial charge in [0.05, 0.1) is 14.9 Å². The predicted octanol–water partition coefficient (Wildman–Crippen LogP) is 4.01. The average molecular weight is 375 g/mol. The Morgan fingerprint density at radius 3 is 2.28 bits per heavy atom. The van der Waals surface area contributed by atoms with Gasteiger partial charge >= 0.3 is 0 Å². The molecule has 8 heteroatoms. The summed E-state index contributed by atoms with van der Waals surface area (Å²) in [5.41, 5.74) is 2.42. The zero-order valence-corrected chi connectivity index (χ0v) is 15.1. The van der Waals surface area contributed by atoms with Crippen molar-refractivity contribution in [3.05, 3.63) is 52.5 Å². The van der Waals surface area contributed by atoms with Crippen LogP contribution in [0.4, 0.5) is 11.4 Å². The molecule has 1 aromatic carbocycles. The third-order valence-corrected chi connectivity index (χ3v) is 4.65. The van der Waals surface area contributed by atoms with Crippen LogP contribution < -0.4 is 10.6 Å². The van der Waals surface area contributed by atoms with Gasteiger partial charge in [-0.25, -0.2) is 0 Å². The zero-order chi connectivity index (χ0) is 18.0. The number of aromatic nitrogens is 2. The molecule has 0 bridgehead atoms. The molecule has 0 aliphatic carbocycles. The van der Waals surface area contributed by atoms with Gasteiger partial charge in [-0.3, -0.25) is 14.3 Å². The molecule has 0 unspecified atom stereocenters. The van der Waals surface area contributed by atoms with Crippen molar-refractivity contribution in [1.82, 2.24) is 9.78 Å². The number of amides is 2. The Morgan fingerprint density at radius 2 is 1.72 bits per heavy atom. The van der Waals surface area contributed by atoms with Crippen LogP contribution in [0.3, 0.4) is 0 Å². The van der Waals surface area contributed by atoms with Crippen molar-refractivity contribution in [2.24, 2.45) is 7.05 Å². The molecule has 2 aromatic heterocycles. The number of halogens is 1. The van der Waals surface area contributed by atoms with E-state index >= 15 is 0 Å². The van der Waals surface area contributed by atoms with Gasteiger partial charge in [-0.2, -0.15) is 5.10 Å². The number of thiophene rings is 1. The third-order valence-electron chi connectivity index (χ3n) is 3.40. The molecule has 0 saturated carbocycles. The van der Waals surface area contributed by atoms with Gasteiger partial charge in [-0.15, -0.1) is 11.3 Å². The molecule has 0 saturated heterocycles. The summed E-state index contributed by atoms with van der Waals surface area (Å²) in [4.78, 5) is 24.4. The van der Waals surface area contributed by atoms with E-state index in [4.69, 9.17) is 11.6 Å². The lowest BCUT2D eigenvalue weighted by Crippen LogP contribution is -2.13. The summed E-state index contributed by atoms with van der Waals surface area (Å²) in [6.07, 6.45) is 0. The lowest BCUT2D eigenvalue weighted by molar-refractivity contribution is -0.114. The number of carbonyl (C=O) groups is 2. The molecule has 2 heterocycles. The second-order valence-corrected chi connectivity index (χ2v) is 7.07. The van der Waals surface area contributed by atoms with Crippen LogP contribution in [0.1, 0.15) is 17.4 Å². The number of hydrogen-bond acceptors (Lipinski definition) is 4. The van der Waals surface area contributed by atoms with E-state index in [1.807, 2.05) is 12.1 Å². The van der Waals surface area contributed by atoms with Crippen LogP contribution in [0.2, 0.25) is 4.34 Å². The van der Waals surface area contributed by atoms with E-state index in [0.717, 1.165) is 10.6 Å². The van der Waals surface area contributed by atoms with Gasteiger partial charge < -0.3 is 10.6 Å². The van der Waals surface area contributed by atoms with Crippen LogP contribution in [0.15, 0.2) is 42.5 Å². The van der Waals surface area contributed by atoms with Crippen molar-refractivity contribution in [3.8, 4) is 10.6 Å². The normalized spacial score (nSPS) is 10.5. The maximum Gasteiger partial charge on any atom is 0.276 e. The zero-order valence-electron chi connectivity index (χ0n) is 13.5. The summed E-state index contributed by atoms with van der Waals surface area (Å²) in [5.74, 6) is -0.455. The number of aryl methyl sites for hydroxylation is 1. The van der Waals surface area contributed by atoms with Crippen LogP contribution in [0, 0.1) is 0 Å². The lowest BCUT2D eigenvalue weighted by atomic mass is 10.2. The molecule has 25 heavy (non-hydrogen) atoms. The van der Waals surface area contributed by atoms with Gasteiger partial charge in [0.2, 0.25) is 5.91 Å². The summed E-state index contributed by atoms with van der Waals surface area (Å²) in [7, 11) is 1.78. The van der Waals surface area contributed by atoms with Crippen LogP contribution in [-0.4, -0.2) is 21.6 Å². The molecule has 2 N–H and O–H groups in total. The molecule has 3 aromatic rings. The van der Waals surface area contributed by atoms with Crippen LogP contribution in [-0.2, 0) is 11.8 Å². The first-order valence-corrected chi connectivity index (χ1v) is 8.60. The van der Waals surface area contributed by atoms with Crippen LogP contribution >= 0.6 is 22.9 Å². The molecular formula is C17H15ClN4O2S. The topological polar surface area (TPSA) is 76.0 Å². The Hall–Kier alpha value is -2.64. The highest BCUT2D eigenvalue weighted by atomic mass is 35.5. The standard InChI is InChI=1S/C17H15ClN4O2S/c1-10(23)19-11-3-5-12(6-4-11)20-17(24)13-9-14(22(2)21-13)15-7-8-16(18)25-15/h3-9H,1-2H3,(H,19,23)(H,20,24). The highest BCUT2D eigenvalue weighted by molar-refractivity contribution is 7.19. The molecule has 0 atom stereocenters. The molecule has 0 aliphatic rings. The second-order valence-electron chi connectivity index (χ2n) is 5.35. The quantitative estimate of drug-likeness (QED) is 0.724. The summed E-state index contributed by atoms with van der Waals surface area (Å²) in [5, 5.41) is 9.72. The van der Waals surface area contributed by atoms with E-state index in [1.165, 1.54) is 18.3 Å². The molecule has 0 fully saturated rings. The van der Waals surface area contributed by atoms with Crippen molar-refractivity contribution in [2.75, 3.05) is 10.6 Å². The van der Waals surface area contributed by atoms with Crippen molar-refractivity contribution < 1.29 is 9.59 Å². The fourth-order valence-corrected chi connectivity index (χ4v) is 3.39. The monoisotopic (exact) mass is 374 g/mol. The molecule has 128 valence electrons. The SMILES string of the molecule is CC(=O)Nc1ccc(NC(=O)c2cc(-c3ccc(Cl)s3)n(C)n2)cc1. The summed E-state index contributed by atoms with van der Waals surface area (Å²) >= 11 is 7.40. The van der Waals surface area contributed by atoms with E-state index in [1.54, 1.807) is 42.1 Å². The van der Waals surface area contributed by atoms with E-state index in [0.29, 0.717) is 21.4 Å². The molecule has 0 spiro atoms. The van der Waals surface area contributed by atoms with Gasteiger partial charge in [0.1, 0.15) is 0 Å². The first kappa shape index (κ1) is 17.2. The van der Waals surface area contributed by atoms with Crippen molar-refractivity contribution in [3.63, 3.8) is 0 Å². The Labute approximate surface area is 153 Å². The smallest absolute Gasteiger partial charge is 0.276 e. The minimum Gasteiger partial charge on any atom is -0.326 e. The van der Waals surface area contributed by atoms with Crippen molar-refractivity contribution in [1.29, 1.82) is 0 Å². The largest absolute Gasteiger partial charge is 0.326 e. The minimum atomic E-state index is -0.309. The van der Waals surface area contributed by atoms with E-state index in [9.17, 15) is 9.59 Å². The molecule has 6 nitrogen and oxygen atoms in total. The number of nitrogens with zero attached hydrogens (tertiary/aromatic N) is 2. The summed E-state index contributed by atoms with van der Waals surface area (Å²) < 4.78 is 2.33. The van der Waals surface area contributed by atoms with E-state index in [2.05, 4.69) is 15.7 Å². The Morgan fingerprint density at radius 1 is 1.08 bits per heavy atom. The first-order chi connectivity index (χ1) is 11.9. The number of anilines is 2. The molecule has 3 rings (SSSR count). The lowest BCUT2D eigenvalue weighted by Gasteiger charge is -2.05. The Kier molecular flexibility index (Phi) is 4.87. The fraction of sp³-hybridized carbons (Fsp3) is 0.118. The molecule has 2 amide bonds. The van der Waals surface area contributed by atoms with Gasteiger partial charge in [0, 0.05) is 25.3 Å². The summed E-state index contributed by atoms with van der Waals surface area (Å²) in [6, 6.07) is 12.3. The number of rotatable bonds is 4. The van der Waals surface area contributed by atoms with E-state index < -0.39 is 0 Å². The van der Waals surface area contributed by atoms with Crippen LogP contribution in [0.25, 0.3) is 10.6 Å². The third kappa shape index (κ3) is 4.07. The minimum absolute atomic E-state index is 0.147. The van der Waals surface area contributed by atoms with Crippen LogP contribution in [0.5, 0.6) is 0 Å². The maximum atomic E-state index is 12.4. The first-order valence-electron chi connectivity index (χ1n) is 7.41. The molecular weight excluding hydrogens is 360 g/mol.